The molecule has 2 aromatic carbocycles. The van der Waals surface area contributed by atoms with Crippen LogP contribution in [-0.2, 0) is 11.2 Å². The van der Waals surface area contributed by atoms with E-state index in [1.807, 2.05) is 18.4 Å². The van der Waals surface area contributed by atoms with E-state index in [1.165, 1.54) is 17.0 Å². The van der Waals surface area contributed by atoms with Crippen LogP contribution in [0.5, 0.6) is 5.75 Å². The molecule has 0 heterocycles. The molecular formula is C17H18FNO2S. The number of carbonyl (C=O) groups is 1. The van der Waals surface area contributed by atoms with Gasteiger partial charge in [-0.1, -0.05) is 24.3 Å². The summed E-state index contributed by atoms with van der Waals surface area (Å²) in [5.74, 6) is -0.640. The lowest BCUT2D eigenvalue weighted by Crippen LogP contribution is -2.30. The van der Waals surface area contributed by atoms with E-state index in [-0.39, 0.29) is 18.3 Å². The van der Waals surface area contributed by atoms with E-state index in [9.17, 15) is 9.18 Å². The van der Waals surface area contributed by atoms with Gasteiger partial charge < -0.3 is 10.1 Å². The lowest BCUT2D eigenvalue weighted by Gasteiger charge is -2.08. The zero-order valence-corrected chi connectivity index (χ0v) is 13.2. The largest absolute Gasteiger partial charge is 0.481 e. The molecule has 5 heteroatoms. The maximum Gasteiger partial charge on any atom is 0.257 e. The summed E-state index contributed by atoms with van der Waals surface area (Å²) in [6, 6.07) is 14.2. The molecule has 0 aromatic heterocycles. The van der Waals surface area contributed by atoms with E-state index in [0.717, 1.165) is 12.0 Å². The number of nitrogens with one attached hydrogen (secondary N) is 1. The van der Waals surface area contributed by atoms with Crippen molar-refractivity contribution in [3.8, 4) is 5.75 Å². The summed E-state index contributed by atoms with van der Waals surface area (Å²) in [5.41, 5.74) is 1.16. The van der Waals surface area contributed by atoms with Gasteiger partial charge in [0.2, 0.25) is 0 Å². The van der Waals surface area contributed by atoms with Crippen LogP contribution < -0.4 is 10.1 Å². The second-order valence-corrected chi connectivity index (χ2v) is 5.55. The van der Waals surface area contributed by atoms with Gasteiger partial charge in [0.1, 0.15) is 0 Å². The molecule has 0 saturated heterocycles. The second kappa shape index (κ2) is 8.44. The fourth-order valence-electron chi connectivity index (χ4n) is 1.89. The van der Waals surface area contributed by atoms with Gasteiger partial charge in [0.05, 0.1) is 0 Å². The number of carbonyl (C=O) groups excluding carboxylic acids is 1. The summed E-state index contributed by atoms with van der Waals surface area (Å²) in [6.07, 6.45) is 2.78. The van der Waals surface area contributed by atoms with Crippen molar-refractivity contribution >= 4 is 17.7 Å². The Balaban J connectivity index is 1.70. The first-order valence-electron chi connectivity index (χ1n) is 6.96. The third-order valence-corrected chi connectivity index (χ3v) is 3.83. The summed E-state index contributed by atoms with van der Waals surface area (Å²) in [6.45, 7) is 0.338. The highest BCUT2D eigenvalue weighted by molar-refractivity contribution is 7.98. The highest BCUT2D eigenvalue weighted by Gasteiger charge is 2.05. The standard InChI is InChI=1S/C17H18FNO2S/c1-22-14-8-6-13(7-9-14)10-11-19-17(20)12-21-16-5-3-2-4-15(16)18/h2-9H,10-12H2,1H3,(H,19,20). The molecular weight excluding hydrogens is 301 g/mol. The predicted molar refractivity (Wildman–Crippen MR) is 86.8 cm³/mol. The zero-order chi connectivity index (χ0) is 15.8. The first-order chi connectivity index (χ1) is 10.7. The molecule has 22 heavy (non-hydrogen) atoms. The monoisotopic (exact) mass is 319 g/mol. The quantitative estimate of drug-likeness (QED) is 0.796. The number of amides is 1. The minimum atomic E-state index is -0.468. The minimum Gasteiger partial charge on any atom is -0.481 e. The van der Waals surface area contributed by atoms with Crippen molar-refractivity contribution in [2.45, 2.75) is 11.3 Å². The third kappa shape index (κ3) is 5.07. The van der Waals surface area contributed by atoms with Crippen molar-refractivity contribution in [2.75, 3.05) is 19.4 Å². The van der Waals surface area contributed by atoms with E-state index >= 15 is 0 Å². The van der Waals surface area contributed by atoms with E-state index < -0.39 is 5.82 Å². The maximum absolute atomic E-state index is 13.3. The van der Waals surface area contributed by atoms with Gasteiger partial charge >= 0.3 is 0 Å². The van der Waals surface area contributed by atoms with Crippen molar-refractivity contribution in [1.82, 2.24) is 5.32 Å². The minimum absolute atomic E-state index is 0.0882. The van der Waals surface area contributed by atoms with Crippen LogP contribution in [0.15, 0.2) is 53.4 Å². The fraction of sp³-hybridized carbons (Fsp3) is 0.235. The van der Waals surface area contributed by atoms with Gasteiger partial charge in [-0.15, -0.1) is 11.8 Å². The smallest absolute Gasteiger partial charge is 0.257 e. The summed E-state index contributed by atoms with van der Waals surface area (Å²) in [7, 11) is 0. The Morgan fingerprint density at radius 3 is 2.59 bits per heavy atom. The molecule has 1 amide bonds. The lowest BCUT2D eigenvalue weighted by atomic mass is 10.1. The van der Waals surface area contributed by atoms with Crippen LogP contribution in [-0.4, -0.2) is 25.3 Å². The highest BCUT2D eigenvalue weighted by atomic mass is 32.2. The van der Waals surface area contributed by atoms with Crippen LogP contribution in [0, 0.1) is 5.82 Å². The summed E-state index contributed by atoms with van der Waals surface area (Å²) in [5, 5.41) is 2.76. The third-order valence-electron chi connectivity index (χ3n) is 3.09. The van der Waals surface area contributed by atoms with Crippen LogP contribution in [0.1, 0.15) is 5.56 Å². The van der Waals surface area contributed by atoms with E-state index in [0.29, 0.717) is 6.54 Å². The van der Waals surface area contributed by atoms with E-state index in [1.54, 1.807) is 23.9 Å². The van der Waals surface area contributed by atoms with Gasteiger partial charge in [0.25, 0.3) is 5.91 Å². The molecule has 3 nitrogen and oxygen atoms in total. The Kier molecular flexibility index (Phi) is 6.27. The van der Waals surface area contributed by atoms with Crippen LogP contribution in [0.4, 0.5) is 4.39 Å². The maximum atomic E-state index is 13.3. The molecule has 2 aromatic rings. The Morgan fingerprint density at radius 1 is 1.18 bits per heavy atom. The molecule has 1 N–H and O–H groups in total. The molecule has 0 unspecified atom stereocenters. The first kappa shape index (κ1) is 16.4. The number of benzene rings is 2. The average molecular weight is 319 g/mol. The van der Waals surface area contributed by atoms with E-state index in [4.69, 9.17) is 4.74 Å². The molecule has 0 spiro atoms. The summed E-state index contributed by atoms with van der Waals surface area (Å²) < 4.78 is 18.5. The van der Waals surface area contributed by atoms with Gasteiger partial charge in [-0.25, -0.2) is 4.39 Å². The lowest BCUT2D eigenvalue weighted by molar-refractivity contribution is -0.123. The van der Waals surface area contributed by atoms with Crippen molar-refractivity contribution in [1.29, 1.82) is 0 Å². The molecule has 0 bridgehead atoms. The molecule has 0 aliphatic heterocycles. The number of halogens is 1. The van der Waals surface area contributed by atoms with Crippen LogP contribution >= 0.6 is 11.8 Å². The topological polar surface area (TPSA) is 38.3 Å². The molecule has 0 saturated carbocycles. The van der Waals surface area contributed by atoms with E-state index in [2.05, 4.69) is 17.4 Å². The number of hydrogen-bond acceptors (Lipinski definition) is 3. The Hall–Kier alpha value is -2.01. The molecule has 0 aliphatic carbocycles. The Morgan fingerprint density at radius 2 is 1.91 bits per heavy atom. The van der Waals surface area contributed by atoms with Crippen molar-refractivity contribution in [3.63, 3.8) is 0 Å². The van der Waals surface area contributed by atoms with Gasteiger partial charge in [0.15, 0.2) is 18.2 Å². The Bertz CT molecular complexity index is 616. The number of ether oxygens (including phenoxy) is 1. The summed E-state index contributed by atoms with van der Waals surface area (Å²) >= 11 is 1.69. The molecule has 0 aliphatic rings. The fourth-order valence-corrected chi connectivity index (χ4v) is 2.30. The molecule has 2 rings (SSSR count). The van der Waals surface area contributed by atoms with Crippen molar-refractivity contribution in [2.24, 2.45) is 0 Å². The normalized spacial score (nSPS) is 10.3. The van der Waals surface area contributed by atoms with Crippen LogP contribution in [0.2, 0.25) is 0 Å². The Labute approximate surface area is 133 Å². The van der Waals surface area contributed by atoms with Crippen molar-refractivity contribution < 1.29 is 13.9 Å². The summed E-state index contributed by atoms with van der Waals surface area (Å²) in [4.78, 5) is 12.9. The molecule has 0 atom stereocenters. The number of para-hydroxylation sites is 1. The van der Waals surface area contributed by atoms with Crippen LogP contribution in [0.3, 0.4) is 0 Å². The van der Waals surface area contributed by atoms with Gasteiger partial charge in [-0.05, 0) is 42.5 Å². The highest BCUT2D eigenvalue weighted by Crippen LogP contribution is 2.15. The zero-order valence-electron chi connectivity index (χ0n) is 12.3. The van der Waals surface area contributed by atoms with Crippen molar-refractivity contribution in [3.05, 3.63) is 59.9 Å². The molecule has 0 fully saturated rings. The van der Waals surface area contributed by atoms with Gasteiger partial charge in [0, 0.05) is 11.4 Å². The van der Waals surface area contributed by atoms with Gasteiger partial charge in [-0.2, -0.15) is 0 Å². The van der Waals surface area contributed by atoms with Gasteiger partial charge in [-0.3, -0.25) is 4.79 Å². The average Bonchev–Trinajstić information content (AvgIpc) is 2.55. The predicted octanol–water partition coefficient (Wildman–Crippen LogP) is 3.29. The molecule has 116 valence electrons. The molecule has 0 radical (unpaired) electrons. The SMILES string of the molecule is CSc1ccc(CCNC(=O)COc2ccccc2F)cc1. The van der Waals surface area contributed by atoms with Crippen LogP contribution in [0.25, 0.3) is 0 Å². The first-order valence-corrected chi connectivity index (χ1v) is 8.18. The number of hydrogen-bond donors (Lipinski definition) is 1. The second-order valence-electron chi connectivity index (χ2n) is 4.67. The number of thioether (sulfide) groups is 1. The number of rotatable bonds is 7.